The highest BCUT2D eigenvalue weighted by atomic mass is 32.1. The minimum Gasteiger partial charge on any atom is -0.309 e. The van der Waals surface area contributed by atoms with Gasteiger partial charge in [-0.2, -0.15) is 0 Å². The van der Waals surface area contributed by atoms with Gasteiger partial charge in [-0.1, -0.05) is 182 Å². The number of hydrogen-bond donors (Lipinski definition) is 0. The SMILES string of the molecule is c1ccc(C2(c3ccccc3)c3ccccc3-c3ccc(N(c4ccccc4-c4cccc5c4sc4ccccc45)c4cccc5ccccc45)cc32)cc1. The minimum atomic E-state index is -0.503. The molecule has 11 rings (SSSR count). The fourth-order valence-electron chi connectivity index (χ4n) is 9.24. The van der Waals surface area contributed by atoms with Gasteiger partial charge in [-0.25, -0.2) is 0 Å². The monoisotopic (exact) mass is 717 g/mol. The molecule has 0 aliphatic heterocycles. The van der Waals surface area contributed by atoms with Crippen LogP contribution in [0.3, 0.4) is 0 Å². The molecule has 0 spiro atoms. The van der Waals surface area contributed by atoms with Crippen LogP contribution in [0.2, 0.25) is 0 Å². The van der Waals surface area contributed by atoms with Crippen LogP contribution < -0.4 is 4.90 Å². The largest absolute Gasteiger partial charge is 0.309 e. The molecule has 1 nitrogen and oxygen atoms in total. The quantitative estimate of drug-likeness (QED) is 0.166. The Morgan fingerprint density at radius 2 is 0.927 bits per heavy atom. The summed E-state index contributed by atoms with van der Waals surface area (Å²) in [7, 11) is 0. The van der Waals surface area contributed by atoms with Gasteiger partial charge in [-0.05, 0) is 69.1 Å². The van der Waals surface area contributed by atoms with E-state index in [1.165, 1.54) is 75.5 Å². The topological polar surface area (TPSA) is 3.24 Å². The summed E-state index contributed by atoms with van der Waals surface area (Å²) in [4.78, 5) is 2.51. The number of nitrogens with zero attached hydrogens (tertiary/aromatic N) is 1. The van der Waals surface area contributed by atoms with E-state index in [2.05, 4.69) is 217 Å². The average molecular weight is 718 g/mol. The van der Waals surface area contributed by atoms with Crippen LogP contribution in [0.5, 0.6) is 0 Å². The van der Waals surface area contributed by atoms with E-state index >= 15 is 0 Å². The molecule has 1 heterocycles. The van der Waals surface area contributed by atoms with Crippen molar-refractivity contribution < 1.29 is 0 Å². The van der Waals surface area contributed by atoms with Crippen LogP contribution in [0.4, 0.5) is 17.1 Å². The maximum atomic E-state index is 2.51. The number of hydrogen-bond acceptors (Lipinski definition) is 2. The number of anilines is 3. The van der Waals surface area contributed by atoms with Gasteiger partial charge < -0.3 is 4.90 Å². The van der Waals surface area contributed by atoms with Gasteiger partial charge in [0.15, 0.2) is 0 Å². The molecule has 0 amide bonds. The van der Waals surface area contributed by atoms with E-state index < -0.39 is 5.41 Å². The molecule has 55 heavy (non-hydrogen) atoms. The third kappa shape index (κ3) is 4.78. The Hall–Kier alpha value is -6.74. The van der Waals surface area contributed by atoms with Crippen LogP contribution in [0, 0.1) is 0 Å². The number of thiophene rings is 1. The van der Waals surface area contributed by atoms with E-state index in [9.17, 15) is 0 Å². The predicted octanol–water partition coefficient (Wildman–Crippen LogP) is 14.7. The first-order valence-electron chi connectivity index (χ1n) is 18.9. The average Bonchev–Trinajstić information content (AvgIpc) is 3.79. The molecular weight excluding hydrogens is 683 g/mol. The second-order valence-corrected chi connectivity index (χ2v) is 15.4. The van der Waals surface area contributed by atoms with Crippen LogP contribution in [0.25, 0.3) is 53.2 Å². The molecular formula is C53H35NS. The third-order valence-electron chi connectivity index (χ3n) is 11.5. The molecule has 10 aromatic rings. The molecule has 0 unspecified atom stereocenters. The number of rotatable bonds is 6. The van der Waals surface area contributed by atoms with Gasteiger partial charge in [-0.15, -0.1) is 11.3 Å². The molecule has 0 fully saturated rings. The van der Waals surface area contributed by atoms with Gasteiger partial charge in [0.25, 0.3) is 0 Å². The van der Waals surface area contributed by atoms with Crippen molar-refractivity contribution in [1.29, 1.82) is 0 Å². The zero-order valence-corrected chi connectivity index (χ0v) is 30.9. The van der Waals surface area contributed by atoms with Crippen molar-refractivity contribution >= 4 is 59.3 Å². The van der Waals surface area contributed by atoms with E-state index in [4.69, 9.17) is 0 Å². The van der Waals surface area contributed by atoms with Crippen molar-refractivity contribution in [3.05, 3.63) is 235 Å². The normalized spacial score (nSPS) is 12.9. The second-order valence-electron chi connectivity index (χ2n) is 14.4. The summed E-state index contributed by atoms with van der Waals surface area (Å²) in [5.41, 5.74) is 13.0. The van der Waals surface area contributed by atoms with Crippen molar-refractivity contribution in [2.75, 3.05) is 4.90 Å². The Morgan fingerprint density at radius 3 is 1.75 bits per heavy atom. The first kappa shape index (κ1) is 31.8. The molecule has 1 aromatic heterocycles. The third-order valence-corrected chi connectivity index (χ3v) is 12.8. The van der Waals surface area contributed by atoms with Crippen molar-refractivity contribution in [2.45, 2.75) is 5.41 Å². The minimum absolute atomic E-state index is 0.503. The molecule has 0 atom stereocenters. The van der Waals surface area contributed by atoms with Gasteiger partial charge >= 0.3 is 0 Å². The Morgan fingerprint density at radius 1 is 0.364 bits per heavy atom. The van der Waals surface area contributed by atoms with E-state index in [1.807, 2.05) is 11.3 Å². The van der Waals surface area contributed by atoms with Crippen molar-refractivity contribution in [1.82, 2.24) is 0 Å². The van der Waals surface area contributed by atoms with Crippen molar-refractivity contribution in [3.63, 3.8) is 0 Å². The van der Waals surface area contributed by atoms with Crippen LogP contribution in [0.15, 0.2) is 212 Å². The summed E-state index contributed by atoms with van der Waals surface area (Å²) in [6.07, 6.45) is 0. The zero-order chi connectivity index (χ0) is 36.3. The van der Waals surface area contributed by atoms with Crippen molar-refractivity contribution in [3.8, 4) is 22.3 Å². The van der Waals surface area contributed by atoms with Gasteiger partial charge in [0.05, 0.1) is 16.8 Å². The number of benzene rings is 9. The molecule has 1 aliphatic carbocycles. The second kappa shape index (κ2) is 12.7. The summed E-state index contributed by atoms with van der Waals surface area (Å²) in [6.45, 7) is 0. The lowest BCUT2D eigenvalue weighted by molar-refractivity contribution is 0.768. The first-order valence-corrected chi connectivity index (χ1v) is 19.8. The zero-order valence-electron chi connectivity index (χ0n) is 30.1. The Balaban J connectivity index is 1.22. The number of para-hydroxylation sites is 1. The van der Waals surface area contributed by atoms with Gasteiger partial charge in [0, 0.05) is 42.4 Å². The lowest BCUT2D eigenvalue weighted by Crippen LogP contribution is -2.28. The van der Waals surface area contributed by atoms with Gasteiger partial charge in [0.2, 0.25) is 0 Å². The molecule has 0 saturated carbocycles. The van der Waals surface area contributed by atoms with E-state index in [0.717, 1.165) is 17.1 Å². The fourth-order valence-corrected chi connectivity index (χ4v) is 10.5. The van der Waals surface area contributed by atoms with Crippen LogP contribution >= 0.6 is 11.3 Å². The molecule has 0 radical (unpaired) electrons. The Kier molecular flexibility index (Phi) is 7.33. The molecule has 1 aliphatic rings. The maximum absolute atomic E-state index is 2.51. The predicted molar refractivity (Wildman–Crippen MR) is 234 cm³/mol. The summed E-state index contributed by atoms with van der Waals surface area (Å²) >= 11 is 1.88. The molecule has 0 N–H and O–H groups in total. The van der Waals surface area contributed by atoms with Gasteiger partial charge in [0.1, 0.15) is 0 Å². The highest BCUT2D eigenvalue weighted by Crippen LogP contribution is 2.58. The number of fused-ring (bicyclic) bond motifs is 7. The van der Waals surface area contributed by atoms with E-state index in [-0.39, 0.29) is 0 Å². The lowest BCUT2D eigenvalue weighted by Gasteiger charge is -2.35. The molecule has 2 heteroatoms. The van der Waals surface area contributed by atoms with Crippen LogP contribution in [0.1, 0.15) is 22.3 Å². The Bertz CT molecular complexity index is 3000. The van der Waals surface area contributed by atoms with E-state index in [0.29, 0.717) is 0 Å². The highest BCUT2D eigenvalue weighted by molar-refractivity contribution is 7.26. The summed E-state index contributed by atoms with van der Waals surface area (Å²) < 4.78 is 2.62. The van der Waals surface area contributed by atoms with Crippen LogP contribution in [-0.2, 0) is 5.41 Å². The summed E-state index contributed by atoms with van der Waals surface area (Å²) in [6, 6.07) is 78.3. The first-order chi connectivity index (χ1) is 27.3. The van der Waals surface area contributed by atoms with Crippen molar-refractivity contribution in [2.24, 2.45) is 0 Å². The lowest BCUT2D eigenvalue weighted by atomic mass is 9.67. The Labute approximate surface area is 325 Å². The smallest absolute Gasteiger partial charge is 0.0714 e. The maximum Gasteiger partial charge on any atom is 0.0714 e. The molecule has 9 aromatic carbocycles. The summed E-state index contributed by atoms with van der Waals surface area (Å²) in [5.74, 6) is 0. The van der Waals surface area contributed by atoms with E-state index in [1.54, 1.807) is 0 Å². The van der Waals surface area contributed by atoms with Crippen LogP contribution in [-0.4, -0.2) is 0 Å². The van der Waals surface area contributed by atoms with Gasteiger partial charge in [-0.3, -0.25) is 0 Å². The standard InChI is InChI=1S/C53H35NS/c1-3-19-37(20-4-1)53(38-21-5-2-6-22-38)47-29-12-9-24-41(47)42-34-33-39(35-48(42)53)54(49-31-15-18-36-17-7-8-23-40(36)49)50-30-13-10-25-43(50)45-27-16-28-46-44-26-11-14-32-51(44)55-52(45)46/h1-35H. The fraction of sp³-hybridized carbons (Fsp3) is 0.0189. The molecule has 258 valence electrons. The molecule has 0 saturated heterocycles. The summed E-state index contributed by atoms with van der Waals surface area (Å²) in [5, 5.41) is 5.03. The highest BCUT2D eigenvalue weighted by Gasteiger charge is 2.46. The molecule has 0 bridgehead atoms.